The number of aromatic nitrogens is 2. The summed E-state index contributed by atoms with van der Waals surface area (Å²) in [5, 5.41) is 1.71. The van der Waals surface area contributed by atoms with Crippen molar-refractivity contribution < 1.29 is 4.79 Å². The second-order valence-electron chi connectivity index (χ2n) is 4.25. The van der Waals surface area contributed by atoms with E-state index in [-0.39, 0.29) is 0 Å². The van der Waals surface area contributed by atoms with Gasteiger partial charge in [0.25, 0.3) is 0 Å². The number of thiazole rings is 1. The van der Waals surface area contributed by atoms with Crippen molar-refractivity contribution >= 4 is 28.5 Å². The van der Waals surface area contributed by atoms with Crippen LogP contribution in [0.2, 0.25) is 0 Å². The lowest BCUT2D eigenvalue weighted by molar-refractivity contribution is 0.112. The third kappa shape index (κ3) is 1.57. The van der Waals surface area contributed by atoms with Crippen molar-refractivity contribution in [1.29, 1.82) is 0 Å². The summed E-state index contributed by atoms with van der Waals surface area (Å²) in [7, 11) is 2.02. The molecule has 0 spiro atoms. The number of carbonyl (C=O) groups is 1. The van der Waals surface area contributed by atoms with E-state index in [0.29, 0.717) is 5.01 Å². The highest BCUT2D eigenvalue weighted by Crippen LogP contribution is 2.33. The van der Waals surface area contributed by atoms with Crippen molar-refractivity contribution in [2.24, 2.45) is 7.05 Å². The number of hydrogen-bond acceptors (Lipinski definition) is 3. The molecule has 2 heterocycles. The fraction of sp³-hybridized carbons (Fsp3) is 0.143. The van der Waals surface area contributed by atoms with Crippen molar-refractivity contribution in [2.75, 3.05) is 0 Å². The SMILES string of the molecule is Cc1sc(C=O)nc1-c1cn(C)c2ccccc12. The van der Waals surface area contributed by atoms with Crippen molar-refractivity contribution in [3.05, 3.63) is 40.3 Å². The minimum absolute atomic E-state index is 0.537. The number of benzene rings is 1. The molecule has 2 aromatic heterocycles. The molecule has 0 aliphatic rings. The van der Waals surface area contributed by atoms with E-state index in [0.717, 1.165) is 22.4 Å². The summed E-state index contributed by atoms with van der Waals surface area (Å²) in [6, 6.07) is 8.22. The molecule has 1 aromatic carbocycles. The Kier molecular flexibility index (Phi) is 2.52. The minimum atomic E-state index is 0.537. The number of aldehydes is 1. The molecule has 0 saturated heterocycles. The molecule has 0 unspecified atom stereocenters. The monoisotopic (exact) mass is 256 g/mol. The topological polar surface area (TPSA) is 34.9 Å². The molecule has 3 aromatic rings. The predicted molar refractivity (Wildman–Crippen MR) is 74.2 cm³/mol. The van der Waals surface area contributed by atoms with Gasteiger partial charge < -0.3 is 4.57 Å². The van der Waals surface area contributed by atoms with Crippen LogP contribution < -0.4 is 0 Å². The minimum Gasteiger partial charge on any atom is -0.350 e. The van der Waals surface area contributed by atoms with E-state index in [1.54, 1.807) is 0 Å². The summed E-state index contributed by atoms with van der Waals surface area (Å²) < 4.78 is 2.09. The molecule has 0 atom stereocenters. The molecule has 18 heavy (non-hydrogen) atoms. The van der Waals surface area contributed by atoms with Gasteiger partial charge in [-0.2, -0.15) is 0 Å². The molecule has 4 heteroatoms. The molecular weight excluding hydrogens is 244 g/mol. The van der Waals surface area contributed by atoms with Crippen LogP contribution >= 0.6 is 11.3 Å². The zero-order chi connectivity index (χ0) is 12.7. The summed E-state index contributed by atoms with van der Waals surface area (Å²) >= 11 is 1.44. The van der Waals surface area contributed by atoms with Gasteiger partial charge in [0.1, 0.15) is 0 Å². The van der Waals surface area contributed by atoms with Crippen molar-refractivity contribution in [3.8, 4) is 11.3 Å². The van der Waals surface area contributed by atoms with E-state index in [1.807, 2.05) is 26.1 Å². The van der Waals surface area contributed by atoms with Gasteiger partial charge in [0.15, 0.2) is 11.3 Å². The van der Waals surface area contributed by atoms with E-state index in [1.165, 1.54) is 22.2 Å². The van der Waals surface area contributed by atoms with Gasteiger partial charge in [-0.25, -0.2) is 4.98 Å². The highest BCUT2D eigenvalue weighted by atomic mass is 32.1. The Hall–Kier alpha value is -1.94. The van der Waals surface area contributed by atoms with Crippen LogP contribution in [0.1, 0.15) is 14.7 Å². The number of nitrogens with zero attached hydrogens (tertiary/aromatic N) is 2. The van der Waals surface area contributed by atoms with Gasteiger partial charge in [0.2, 0.25) is 0 Å². The Balaban J connectivity index is 2.31. The molecule has 0 aliphatic heterocycles. The van der Waals surface area contributed by atoms with Crippen LogP contribution in [0.4, 0.5) is 0 Å². The number of para-hydroxylation sites is 1. The third-order valence-corrected chi connectivity index (χ3v) is 3.96. The lowest BCUT2D eigenvalue weighted by atomic mass is 10.1. The van der Waals surface area contributed by atoms with Gasteiger partial charge in [-0.05, 0) is 13.0 Å². The maximum Gasteiger partial charge on any atom is 0.178 e. The quantitative estimate of drug-likeness (QED) is 0.658. The first-order valence-electron chi connectivity index (χ1n) is 5.67. The Morgan fingerprint density at radius 3 is 2.83 bits per heavy atom. The normalized spacial score (nSPS) is 11.0. The standard InChI is InChI=1S/C14H12N2OS/c1-9-14(15-13(8-17)18-9)11-7-16(2)12-6-4-3-5-10(11)12/h3-8H,1-2H3. The van der Waals surface area contributed by atoms with Crippen LogP contribution in [-0.2, 0) is 7.05 Å². The summed E-state index contributed by atoms with van der Waals surface area (Å²) in [6.07, 6.45) is 2.88. The molecule has 0 saturated carbocycles. The second-order valence-corrected chi connectivity index (χ2v) is 5.48. The smallest absolute Gasteiger partial charge is 0.178 e. The fourth-order valence-corrected chi connectivity index (χ4v) is 3.00. The fourth-order valence-electron chi connectivity index (χ4n) is 2.25. The van der Waals surface area contributed by atoms with Gasteiger partial charge in [0.05, 0.1) is 5.69 Å². The lowest BCUT2D eigenvalue weighted by Crippen LogP contribution is -1.82. The van der Waals surface area contributed by atoms with Crippen LogP contribution in [-0.4, -0.2) is 15.8 Å². The first-order valence-corrected chi connectivity index (χ1v) is 6.49. The van der Waals surface area contributed by atoms with Crippen LogP contribution in [0.5, 0.6) is 0 Å². The summed E-state index contributed by atoms with van der Waals surface area (Å²) in [5.41, 5.74) is 3.18. The number of fused-ring (bicyclic) bond motifs is 1. The van der Waals surface area contributed by atoms with E-state index in [4.69, 9.17) is 0 Å². The van der Waals surface area contributed by atoms with Gasteiger partial charge in [0, 0.05) is 34.6 Å². The third-order valence-electron chi connectivity index (χ3n) is 3.07. The van der Waals surface area contributed by atoms with E-state index in [2.05, 4.69) is 27.9 Å². The molecule has 0 fully saturated rings. The number of carbonyl (C=O) groups excluding carboxylic acids is 1. The van der Waals surface area contributed by atoms with Crippen LogP contribution in [0, 0.1) is 6.92 Å². The number of hydrogen-bond donors (Lipinski definition) is 0. The predicted octanol–water partition coefficient (Wildman–Crippen LogP) is 3.42. The zero-order valence-corrected chi connectivity index (χ0v) is 11.0. The van der Waals surface area contributed by atoms with Gasteiger partial charge in [-0.3, -0.25) is 4.79 Å². The second kappa shape index (κ2) is 4.07. The molecule has 0 radical (unpaired) electrons. The Bertz CT molecular complexity index is 739. The van der Waals surface area contributed by atoms with Crippen LogP contribution in [0.3, 0.4) is 0 Å². The van der Waals surface area contributed by atoms with E-state index >= 15 is 0 Å². The van der Waals surface area contributed by atoms with Gasteiger partial charge in [-0.1, -0.05) is 18.2 Å². The van der Waals surface area contributed by atoms with Gasteiger partial charge in [-0.15, -0.1) is 11.3 Å². The first-order chi connectivity index (χ1) is 8.70. The first kappa shape index (κ1) is 11.2. The zero-order valence-electron chi connectivity index (χ0n) is 10.2. The summed E-state index contributed by atoms with van der Waals surface area (Å²) in [4.78, 5) is 16.3. The largest absolute Gasteiger partial charge is 0.350 e. The number of rotatable bonds is 2. The highest BCUT2D eigenvalue weighted by molar-refractivity contribution is 7.13. The van der Waals surface area contributed by atoms with Crippen molar-refractivity contribution in [3.63, 3.8) is 0 Å². The molecule has 3 nitrogen and oxygen atoms in total. The summed E-state index contributed by atoms with van der Waals surface area (Å²) in [6.45, 7) is 2.00. The average molecular weight is 256 g/mol. The average Bonchev–Trinajstić information content (AvgIpc) is 2.91. The maximum absolute atomic E-state index is 10.8. The lowest BCUT2D eigenvalue weighted by Gasteiger charge is -1.95. The van der Waals surface area contributed by atoms with Gasteiger partial charge >= 0.3 is 0 Å². The Morgan fingerprint density at radius 1 is 1.33 bits per heavy atom. The maximum atomic E-state index is 10.8. The Labute approximate surface area is 109 Å². The van der Waals surface area contributed by atoms with Crippen molar-refractivity contribution in [1.82, 2.24) is 9.55 Å². The molecular formula is C14H12N2OS. The molecule has 0 bridgehead atoms. The highest BCUT2D eigenvalue weighted by Gasteiger charge is 2.14. The molecule has 90 valence electrons. The van der Waals surface area contributed by atoms with Crippen LogP contribution in [0.15, 0.2) is 30.5 Å². The van der Waals surface area contributed by atoms with Crippen molar-refractivity contribution in [2.45, 2.75) is 6.92 Å². The van der Waals surface area contributed by atoms with Crippen LogP contribution in [0.25, 0.3) is 22.2 Å². The molecule has 3 rings (SSSR count). The number of aryl methyl sites for hydroxylation is 2. The van der Waals surface area contributed by atoms with E-state index < -0.39 is 0 Å². The Morgan fingerprint density at radius 2 is 2.11 bits per heavy atom. The molecule has 0 N–H and O–H groups in total. The molecule has 0 amide bonds. The molecule has 0 aliphatic carbocycles. The summed E-state index contributed by atoms with van der Waals surface area (Å²) in [5.74, 6) is 0. The van der Waals surface area contributed by atoms with E-state index in [9.17, 15) is 4.79 Å².